The molecule has 0 radical (unpaired) electrons. The van der Waals surface area contributed by atoms with E-state index in [0.717, 1.165) is 0 Å². The minimum Gasteiger partial charge on any atom is -0.371 e. The second kappa shape index (κ2) is 2.85. The Morgan fingerprint density at radius 1 is 1.50 bits per heavy atom. The molecule has 0 N–H and O–H groups in total. The quantitative estimate of drug-likeness (QED) is 0.428. The van der Waals surface area contributed by atoms with Gasteiger partial charge in [-0.2, -0.15) is 0 Å². The van der Waals surface area contributed by atoms with Crippen LogP contribution in [0.25, 0.3) is 0 Å². The summed E-state index contributed by atoms with van der Waals surface area (Å²) in [7, 11) is 0. The lowest BCUT2D eigenvalue weighted by molar-refractivity contribution is -0.307. The van der Waals surface area contributed by atoms with E-state index in [1.807, 2.05) is 0 Å². The normalized spacial score (nSPS) is 14.5. The smallest absolute Gasteiger partial charge is 0.371 e. The zero-order valence-corrected chi connectivity index (χ0v) is 4.91. The van der Waals surface area contributed by atoms with Gasteiger partial charge in [0, 0.05) is 0 Å². The van der Waals surface area contributed by atoms with Crippen molar-refractivity contribution in [2.45, 2.75) is 19.5 Å². The Kier molecular flexibility index (Phi) is 2.62. The van der Waals surface area contributed by atoms with Gasteiger partial charge in [-0.3, -0.25) is 0 Å². The van der Waals surface area contributed by atoms with Crippen molar-refractivity contribution in [3.05, 3.63) is 0 Å². The Morgan fingerprint density at radius 2 is 1.90 bits per heavy atom. The molecule has 2 nitrogen and oxygen atoms in total. The summed E-state index contributed by atoms with van der Waals surface area (Å²) in [4.78, 5) is 9.84. The predicted octanol–water partition coefficient (Wildman–Crippen LogP) is 1.41. The van der Waals surface area contributed by atoms with E-state index < -0.39 is 18.5 Å². The molecule has 0 saturated carbocycles. The molecule has 0 aliphatic heterocycles. The fourth-order valence-corrected chi connectivity index (χ4v) is 0.195. The standard InChI is InChI=1S/C4H4F4O2/c1-2(5)3(9)10-4(6,7)8/h2H,1H3. The first kappa shape index (κ1) is 9.19. The van der Waals surface area contributed by atoms with E-state index in [4.69, 9.17) is 0 Å². The molecular formula is C4H4F4O2. The average molecular weight is 160 g/mol. The van der Waals surface area contributed by atoms with Gasteiger partial charge in [0.1, 0.15) is 0 Å². The number of halogens is 4. The van der Waals surface area contributed by atoms with Crippen molar-refractivity contribution in [2.75, 3.05) is 0 Å². The third kappa shape index (κ3) is 4.11. The van der Waals surface area contributed by atoms with Crippen molar-refractivity contribution >= 4 is 5.97 Å². The van der Waals surface area contributed by atoms with Gasteiger partial charge in [-0.05, 0) is 6.92 Å². The van der Waals surface area contributed by atoms with Crippen LogP contribution in [0.3, 0.4) is 0 Å². The number of esters is 1. The summed E-state index contributed by atoms with van der Waals surface area (Å²) < 4.78 is 47.5. The van der Waals surface area contributed by atoms with E-state index in [9.17, 15) is 22.4 Å². The highest BCUT2D eigenvalue weighted by Gasteiger charge is 2.35. The van der Waals surface area contributed by atoms with Crippen LogP contribution in [0.1, 0.15) is 6.92 Å². The third-order valence-corrected chi connectivity index (χ3v) is 0.541. The molecule has 1 unspecified atom stereocenters. The first-order chi connectivity index (χ1) is 4.33. The molecule has 0 fully saturated rings. The summed E-state index contributed by atoms with van der Waals surface area (Å²) in [5, 5.41) is 0. The highest BCUT2D eigenvalue weighted by Crippen LogP contribution is 2.17. The number of rotatable bonds is 1. The van der Waals surface area contributed by atoms with Crippen molar-refractivity contribution in [2.24, 2.45) is 0 Å². The zero-order chi connectivity index (χ0) is 8.36. The molecule has 6 heteroatoms. The molecule has 0 aromatic heterocycles. The van der Waals surface area contributed by atoms with Gasteiger partial charge in [-0.1, -0.05) is 0 Å². The Labute approximate surface area is 53.8 Å². The molecule has 0 amide bonds. The first-order valence-corrected chi connectivity index (χ1v) is 2.26. The highest BCUT2D eigenvalue weighted by molar-refractivity contribution is 5.74. The van der Waals surface area contributed by atoms with Crippen molar-refractivity contribution in [1.82, 2.24) is 0 Å². The van der Waals surface area contributed by atoms with E-state index in [-0.39, 0.29) is 0 Å². The van der Waals surface area contributed by atoms with Crippen molar-refractivity contribution in [3.63, 3.8) is 0 Å². The van der Waals surface area contributed by atoms with Gasteiger partial charge in [0.15, 0.2) is 6.17 Å². The number of carbonyl (C=O) groups excluding carboxylic acids is 1. The van der Waals surface area contributed by atoms with Gasteiger partial charge >= 0.3 is 12.3 Å². The van der Waals surface area contributed by atoms with Crippen molar-refractivity contribution in [1.29, 1.82) is 0 Å². The predicted molar refractivity (Wildman–Crippen MR) is 22.7 cm³/mol. The topological polar surface area (TPSA) is 26.3 Å². The minimum absolute atomic E-state index is 0.661. The number of hydrogen-bond donors (Lipinski definition) is 0. The number of hydrogen-bond acceptors (Lipinski definition) is 2. The largest absolute Gasteiger partial charge is 0.575 e. The van der Waals surface area contributed by atoms with Crippen LogP contribution >= 0.6 is 0 Å². The molecule has 0 aromatic rings. The fourth-order valence-electron chi connectivity index (χ4n) is 0.195. The molecule has 0 bridgehead atoms. The van der Waals surface area contributed by atoms with E-state index in [2.05, 4.69) is 4.74 Å². The Hall–Kier alpha value is -0.810. The van der Waals surface area contributed by atoms with Gasteiger partial charge in [0.2, 0.25) is 0 Å². The van der Waals surface area contributed by atoms with Crippen molar-refractivity contribution in [3.8, 4) is 0 Å². The summed E-state index contributed by atoms with van der Waals surface area (Å²) in [5.74, 6) is -1.92. The minimum atomic E-state index is -5.09. The Morgan fingerprint density at radius 3 is 2.00 bits per heavy atom. The van der Waals surface area contributed by atoms with E-state index in [0.29, 0.717) is 6.92 Å². The number of carbonyl (C=O) groups is 1. The van der Waals surface area contributed by atoms with Crippen LogP contribution in [0, 0.1) is 0 Å². The molecule has 0 saturated heterocycles. The van der Waals surface area contributed by atoms with Crippen LogP contribution in [0.5, 0.6) is 0 Å². The van der Waals surface area contributed by atoms with E-state index in [1.54, 1.807) is 0 Å². The Balaban J connectivity index is 3.81. The van der Waals surface area contributed by atoms with Gasteiger partial charge in [-0.25, -0.2) is 9.18 Å². The van der Waals surface area contributed by atoms with Crippen LogP contribution in [-0.2, 0) is 9.53 Å². The maximum absolute atomic E-state index is 11.7. The number of alkyl halides is 4. The molecule has 0 rings (SSSR count). The second-order valence-corrected chi connectivity index (χ2v) is 1.48. The van der Waals surface area contributed by atoms with E-state index in [1.165, 1.54) is 0 Å². The molecule has 0 aliphatic rings. The van der Waals surface area contributed by atoms with Crippen LogP contribution < -0.4 is 0 Å². The summed E-state index contributed by atoms with van der Waals surface area (Å²) in [5.41, 5.74) is 0. The van der Waals surface area contributed by atoms with Gasteiger partial charge < -0.3 is 4.74 Å². The SMILES string of the molecule is CC(F)C(=O)OC(F)(F)F. The lowest BCUT2D eigenvalue weighted by Crippen LogP contribution is -2.24. The maximum Gasteiger partial charge on any atom is 0.575 e. The van der Waals surface area contributed by atoms with Gasteiger partial charge in [0.05, 0.1) is 0 Å². The molecule has 1 atom stereocenters. The van der Waals surface area contributed by atoms with Crippen LogP contribution in [-0.4, -0.2) is 18.5 Å². The summed E-state index contributed by atoms with van der Waals surface area (Å²) in [6.07, 6.45) is -7.33. The molecule has 10 heavy (non-hydrogen) atoms. The molecule has 0 spiro atoms. The second-order valence-electron chi connectivity index (χ2n) is 1.48. The summed E-state index contributed by atoms with van der Waals surface area (Å²) in [6.45, 7) is 0.661. The monoisotopic (exact) mass is 160 g/mol. The molecule has 0 aromatic carbocycles. The average Bonchev–Trinajstić information content (AvgIpc) is 1.60. The van der Waals surface area contributed by atoms with Crippen molar-refractivity contribution < 1.29 is 27.1 Å². The van der Waals surface area contributed by atoms with Gasteiger partial charge in [-0.15, -0.1) is 13.2 Å². The summed E-state index contributed by atoms with van der Waals surface area (Å²) in [6, 6.07) is 0. The van der Waals surface area contributed by atoms with Gasteiger partial charge in [0.25, 0.3) is 0 Å². The molecule has 60 valence electrons. The van der Waals surface area contributed by atoms with Crippen LogP contribution in [0.2, 0.25) is 0 Å². The Bertz CT molecular complexity index is 128. The number of ether oxygens (including phenoxy) is 1. The van der Waals surface area contributed by atoms with E-state index >= 15 is 0 Å². The summed E-state index contributed by atoms with van der Waals surface area (Å²) >= 11 is 0. The van der Waals surface area contributed by atoms with Crippen LogP contribution in [0.4, 0.5) is 17.6 Å². The molecular weight excluding hydrogens is 156 g/mol. The highest BCUT2D eigenvalue weighted by atomic mass is 19.4. The molecule has 0 heterocycles. The van der Waals surface area contributed by atoms with Crippen LogP contribution in [0.15, 0.2) is 0 Å². The lowest BCUT2D eigenvalue weighted by Gasteiger charge is -2.06. The third-order valence-electron chi connectivity index (χ3n) is 0.541. The lowest BCUT2D eigenvalue weighted by atomic mass is 10.5. The maximum atomic E-state index is 11.7. The molecule has 0 aliphatic carbocycles. The fraction of sp³-hybridized carbons (Fsp3) is 0.750. The zero-order valence-electron chi connectivity index (χ0n) is 4.91. The first-order valence-electron chi connectivity index (χ1n) is 2.26.